The molecule has 0 aliphatic heterocycles. The smallest absolute Gasteiger partial charge is 0.164 e. The van der Waals surface area contributed by atoms with E-state index in [1.54, 1.807) is 0 Å². The van der Waals surface area contributed by atoms with E-state index in [-0.39, 0.29) is 0 Å². The zero-order valence-corrected chi connectivity index (χ0v) is 30.5. The molecule has 2 heterocycles. The summed E-state index contributed by atoms with van der Waals surface area (Å²) in [5.41, 5.74) is 7.45. The first kappa shape index (κ1) is 31.5. The molecule has 0 saturated heterocycles. The molecule has 4 heteroatoms. The van der Waals surface area contributed by atoms with Gasteiger partial charge in [0.1, 0.15) is 0 Å². The summed E-state index contributed by atoms with van der Waals surface area (Å²) in [5, 5.41) is 10.4. The number of nitrogens with zero attached hydrogens (tertiary/aromatic N) is 3. The van der Waals surface area contributed by atoms with Gasteiger partial charge >= 0.3 is 0 Å². The molecule has 0 bridgehead atoms. The van der Waals surface area contributed by atoms with Gasteiger partial charge < -0.3 is 0 Å². The minimum atomic E-state index is 0.642. The molecule has 0 spiro atoms. The predicted molar refractivity (Wildman–Crippen MR) is 232 cm³/mol. The van der Waals surface area contributed by atoms with E-state index < -0.39 is 0 Å². The lowest BCUT2D eigenvalue weighted by Crippen LogP contribution is -2.01. The normalized spacial score (nSPS) is 11.6. The summed E-state index contributed by atoms with van der Waals surface area (Å²) in [6.07, 6.45) is 0. The van der Waals surface area contributed by atoms with Crippen LogP contribution in [0.1, 0.15) is 0 Å². The van der Waals surface area contributed by atoms with Crippen molar-refractivity contribution in [3.05, 3.63) is 188 Å². The highest BCUT2D eigenvalue weighted by Crippen LogP contribution is 2.48. The number of fused-ring (bicyclic) bond motifs is 10. The zero-order valence-electron chi connectivity index (χ0n) is 29.6. The van der Waals surface area contributed by atoms with E-state index in [2.05, 4.69) is 152 Å². The molecule has 0 radical (unpaired) electrons. The Hall–Kier alpha value is -7.01. The van der Waals surface area contributed by atoms with Crippen LogP contribution in [0.3, 0.4) is 0 Å². The molecule has 256 valence electrons. The minimum absolute atomic E-state index is 0.642. The van der Waals surface area contributed by atoms with E-state index in [1.807, 2.05) is 47.7 Å². The van der Waals surface area contributed by atoms with Crippen molar-refractivity contribution in [2.45, 2.75) is 0 Å². The van der Waals surface area contributed by atoms with Gasteiger partial charge in [-0.05, 0) is 43.6 Å². The van der Waals surface area contributed by atoms with Gasteiger partial charge in [0.25, 0.3) is 0 Å². The van der Waals surface area contributed by atoms with Gasteiger partial charge in [0.2, 0.25) is 0 Å². The van der Waals surface area contributed by atoms with Crippen LogP contribution in [-0.4, -0.2) is 15.0 Å². The maximum absolute atomic E-state index is 5.12. The Labute approximate surface area is 321 Å². The number of hydrogen-bond donors (Lipinski definition) is 0. The third-order valence-corrected chi connectivity index (χ3v) is 12.0. The van der Waals surface area contributed by atoms with E-state index in [0.717, 1.165) is 27.8 Å². The molecule has 0 aliphatic carbocycles. The SMILES string of the molecule is c1ccc(-c2nc(-c3ccccc3)nc(-c3ccccc3-c3ccccc3-c3cccc4c3sc3c4ccc4c5ccccc5c5ccccc5c43)n2)cc1. The number of benzene rings is 9. The summed E-state index contributed by atoms with van der Waals surface area (Å²) in [4.78, 5) is 15.2. The Morgan fingerprint density at radius 1 is 0.255 bits per heavy atom. The highest BCUT2D eigenvalue weighted by atomic mass is 32.1. The van der Waals surface area contributed by atoms with Crippen molar-refractivity contribution in [2.24, 2.45) is 0 Å². The maximum atomic E-state index is 5.12. The van der Waals surface area contributed by atoms with Gasteiger partial charge in [-0.2, -0.15) is 0 Å². The number of hydrogen-bond acceptors (Lipinski definition) is 4. The molecule has 0 unspecified atom stereocenters. The van der Waals surface area contributed by atoms with Crippen molar-refractivity contribution < 1.29 is 0 Å². The van der Waals surface area contributed by atoms with Gasteiger partial charge in [-0.25, -0.2) is 15.0 Å². The van der Waals surface area contributed by atoms with Crippen LogP contribution < -0.4 is 0 Å². The fourth-order valence-corrected chi connectivity index (χ4v) is 9.64. The summed E-state index contributed by atoms with van der Waals surface area (Å²) in [5.74, 6) is 1.94. The van der Waals surface area contributed by atoms with Crippen LogP contribution in [-0.2, 0) is 0 Å². The molecular formula is C51H31N3S. The maximum Gasteiger partial charge on any atom is 0.164 e. The Kier molecular flexibility index (Phi) is 7.35. The zero-order chi connectivity index (χ0) is 36.3. The van der Waals surface area contributed by atoms with Crippen molar-refractivity contribution in [1.82, 2.24) is 15.0 Å². The number of rotatable bonds is 5. The number of aromatic nitrogens is 3. The average Bonchev–Trinajstić information content (AvgIpc) is 3.66. The third kappa shape index (κ3) is 5.14. The van der Waals surface area contributed by atoms with Crippen LogP contribution in [0.2, 0.25) is 0 Å². The Morgan fingerprint density at radius 2 is 0.636 bits per heavy atom. The van der Waals surface area contributed by atoms with Crippen LogP contribution in [0.25, 0.3) is 109 Å². The van der Waals surface area contributed by atoms with Crippen molar-refractivity contribution >= 4 is 63.8 Å². The van der Waals surface area contributed by atoms with Crippen LogP contribution in [0, 0.1) is 0 Å². The molecule has 0 amide bonds. The molecule has 3 nitrogen and oxygen atoms in total. The lowest BCUT2D eigenvalue weighted by molar-refractivity contribution is 1.07. The quantitative estimate of drug-likeness (QED) is 0.166. The van der Waals surface area contributed by atoms with Crippen molar-refractivity contribution in [3.8, 4) is 56.4 Å². The molecule has 2 aromatic heterocycles. The molecule has 0 aliphatic rings. The summed E-state index contributed by atoms with van der Waals surface area (Å²) < 4.78 is 2.61. The van der Waals surface area contributed by atoms with Gasteiger partial charge in [-0.3, -0.25) is 0 Å². The monoisotopic (exact) mass is 717 g/mol. The molecule has 55 heavy (non-hydrogen) atoms. The van der Waals surface area contributed by atoms with Crippen LogP contribution in [0.15, 0.2) is 188 Å². The predicted octanol–water partition coefficient (Wildman–Crippen LogP) is 14.0. The highest BCUT2D eigenvalue weighted by molar-refractivity contribution is 7.27. The summed E-state index contributed by atoms with van der Waals surface area (Å²) >= 11 is 1.91. The molecule has 0 atom stereocenters. The summed E-state index contributed by atoms with van der Waals surface area (Å²) in [6, 6.07) is 66.7. The second-order valence-corrected chi connectivity index (χ2v) is 14.9. The second-order valence-electron chi connectivity index (χ2n) is 13.9. The topological polar surface area (TPSA) is 38.7 Å². The lowest BCUT2D eigenvalue weighted by atomic mass is 9.90. The van der Waals surface area contributed by atoms with Crippen molar-refractivity contribution in [3.63, 3.8) is 0 Å². The highest BCUT2D eigenvalue weighted by Gasteiger charge is 2.20. The van der Waals surface area contributed by atoms with E-state index in [1.165, 1.54) is 63.6 Å². The fraction of sp³-hybridized carbons (Fsp3) is 0. The van der Waals surface area contributed by atoms with Crippen molar-refractivity contribution in [2.75, 3.05) is 0 Å². The Bertz CT molecular complexity index is 3170. The van der Waals surface area contributed by atoms with Gasteiger partial charge in [0.15, 0.2) is 17.5 Å². The molecule has 9 aromatic carbocycles. The Balaban J connectivity index is 1.14. The van der Waals surface area contributed by atoms with E-state index in [0.29, 0.717) is 17.5 Å². The van der Waals surface area contributed by atoms with Crippen LogP contribution >= 0.6 is 11.3 Å². The first-order chi connectivity index (χ1) is 27.3. The lowest BCUT2D eigenvalue weighted by Gasteiger charge is -2.15. The molecule has 0 N–H and O–H groups in total. The van der Waals surface area contributed by atoms with Gasteiger partial charge in [0.05, 0.1) is 0 Å². The third-order valence-electron chi connectivity index (χ3n) is 10.7. The first-order valence-corrected chi connectivity index (χ1v) is 19.4. The van der Waals surface area contributed by atoms with Crippen molar-refractivity contribution in [1.29, 1.82) is 0 Å². The van der Waals surface area contributed by atoms with E-state index in [9.17, 15) is 0 Å². The molecule has 0 fully saturated rings. The Morgan fingerprint density at radius 3 is 1.25 bits per heavy atom. The minimum Gasteiger partial charge on any atom is -0.208 e. The number of thiophene rings is 1. The first-order valence-electron chi connectivity index (χ1n) is 18.5. The van der Waals surface area contributed by atoms with Gasteiger partial charge in [0, 0.05) is 47.8 Å². The van der Waals surface area contributed by atoms with Crippen LogP contribution in [0.4, 0.5) is 0 Å². The van der Waals surface area contributed by atoms with Gasteiger partial charge in [-0.15, -0.1) is 11.3 Å². The summed E-state index contributed by atoms with van der Waals surface area (Å²) in [7, 11) is 0. The molecule has 11 aromatic rings. The van der Waals surface area contributed by atoms with Gasteiger partial charge in [-0.1, -0.05) is 188 Å². The van der Waals surface area contributed by atoms with Crippen LogP contribution in [0.5, 0.6) is 0 Å². The largest absolute Gasteiger partial charge is 0.208 e. The molecular weight excluding hydrogens is 687 g/mol. The van der Waals surface area contributed by atoms with E-state index >= 15 is 0 Å². The second kappa shape index (κ2) is 12.8. The van der Waals surface area contributed by atoms with E-state index in [4.69, 9.17) is 15.0 Å². The summed E-state index contributed by atoms with van der Waals surface area (Å²) in [6.45, 7) is 0. The molecule has 11 rings (SSSR count). The fourth-order valence-electron chi connectivity index (χ4n) is 8.25. The molecule has 0 saturated carbocycles. The standard InChI is InChI=1S/C51H31N3S/c1-3-16-32(17-4-1)49-52-50(33-18-5-2-6-19-33)54-51(53-49)45-27-14-12-25-39(45)35-21-8-10-24-38(35)42-28-15-29-43-44-31-30-41-37-23-9-7-20-34(37)36-22-11-13-26-40(36)46(41)48(44)55-47(42)43/h1-31H. The average molecular weight is 718 g/mol.